The molecule has 0 amide bonds. The number of unbranched alkanes of at least 4 members (excludes halogenated alkanes) is 1. The first-order chi connectivity index (χ1) is 11.7. The molecule has 0 bridgehead atoms. The fourth-order valence-electron chi connectivity index (χ4n) is 3.12. The molecule has 1 saturated heterocycles. The predicted molar refractivity (Wildman–Crippen MR) is 90.2 cm³/mol. The molecule has 0 N–H and O–H groups in total. The van der Waals surface area contributed by atoms with Gasteiger partial charge in [-0.3, -0.25) is 0 Å². The highest BCUT2D eigenvalue weighted by Crippen LogP contribution is 2.28. The zero-order valence-electron chi connectivity index (χ0n) is 14.5. The SMILES string of the molecule is COCCCCC1=C/C(=C(/C#N)C(=O)OCC2CCOC2)CCC1. The molecule has 1 fully saturated rings. The van der Waals surface area contributed by atoms with E-state index < -0.39 is 5.97 Å². The van der Waals surface area contributed by atoms with E-state index in [0.29, 0.717) is 13.2 Å². The zero-order chi connectivity index (χ0) is 17.2. The van der Waals surface area contributed by atoms with Crippen molar-refractivity contribution in [3.05, 3.63) is 22.8 Å². The maximum absolute atomic E-state index is 12.2. The second-order valence-electron chi connectivity index (χ2n) is 6.45. The Morgan fingerprint density at radius 2 is 2.29 bits per heavy atom. The molecule has 0 aromatic carbocycles. The molecule has 132 valence electrons. The van der Waals surface area contributed by atoms with Crippen LogP contribution in [-0.4, -0.2) is 39.5 Å². The van der Waals surface area contributed by atoms with Crippen LogP contribution in [0.1, 0.15) is 44.9 Å². The van der Waals surface area contributed by atoms with Crippen LogP contribution in [0.3, 0.4) is 0 Å². The molecule has 2 rings (SSSR count). The number of hydrogen-bond donors (Lipinski definition) is 0. The van der Waals surface area contributed by atoms with E-state index in [1.807, 2.05) is 6.08 Å². The van der Waals surface area contributed by atoms with Gasteiger partial charge in [-0.05, 0) is 50.5 Å². The van der Waals surface area contributed by atoms with Gasteiger partial charge < -0.3 is 14.2 Å². The topological polar surface area (TPSA) is 68.5 Å². The van der Waals surface area contributed by atoms with E-state index in [4.69, 9.17) is 14.2 Å². The van der Waals surface area contributed by atoms with Gasteiger partial charge in [0.1, 0.15) is 11.6 Å². The lowest BCUT2D eigenvalue weighted by molar-refractivity contribution is -0.139. The molecule has 0 saturated carbocycles. The molecule has 0 aromatic rings. The van der Waals surface area contributed by atoms with Gasteiger partial charge in [0.15, 0.2) is 0 Å². The molecule has 0 radical (unpaired) electrons. The van der Waals surface area contributed by atoms with Crippen LogP contribution in [0.4, 0.5) is 0 Å². The van der Waals surface area contributed by atoms with Crippen molar-refractivity contribution in [3.8, 4) is 6.07 Å². The number of carbonyl (C=O) groups is 1. The Hall–Kier alpha value is -1.64. The fraction of sp³-hybridized carbons (Fsp3) is 0.684. The van der Waals surface area contributed by atoms with Gasteiger partial charge in [0, 0.05) is 26.2 Å². The van der Waals surface area contributed by atoms with Crippen molar-refractivity contribution in [2.45, 2.75) is 44.9 Å². The van der Waals surface area contributed by atoms with Gasteiger partial charge in [-0.15, -0.1) is 0 Å². The Morgan fingerprint density at radius 3 is 3.00 bits per heavy atom. The minimum absolute atomic E-state index is 0.169. The Bertz CT molecular complexity index is 524. The Labute approximate surface area is 144 Å². The second kappa shape index (κ2) is 10.3. The summed E-state index contributed by atoms with van der Waals surface area (Å²) < 4.78 is 15.7. The molecule has 0 aromatic heterocycles. The van der Waals surface area contributed by atoms with Crippen LogP contribution < -0.4 is 0 Å². The first-order valence-electron chi connectivity index (χ1n) is 8.81. The first kappa shape index (κ1) is 18.7. The molecule has 1 aliphatic heterocycles. The Balaban J connectivity index is 1.94. The van der Waals surface area contributed by atoms with Crippen molar-refractivity contribution in [1.29, 1.82) is 5.26 Å². The number of nitriles is 1. The van der Waals surface area contributed by atoms with Gasteiger partial charge >= 0.3 is 5.97 Å². The summed E-state index contributed by atoms with van der Waals surface area (Å²) in [5.41, 5.74) is 2.32. The average Bonchev–Trinajstić information content (AvgIpc) is 3.12. The largest absolute Gasteiger partial charge is 0.461 e. The van der Waals surface area contributed by atoms with E-state index in [9.17, 15) is 10.1 Å². The average molecular weight is 333 g/mol. The van der Waals surface area contributed by atoms with Gasteiger partial charge in [-0.25, -0.2) is 4.79 Å². The fourth-order valence-corrected chi connectivity index (χ4v) is 3.12. The lowest BCUT2D eigenvalue weighted by Gasteiger charge is -2.17. The van der Waals surface area contributed by atoms with Gasteiger partial charge in [0.25, 0.3) is 0 Å². The van der Waals surface area contributed by atoms with Crippen LogP contribution in [0.15, 0.2) is 22.8 Å². The summed E-state index contributed by atoms with van der Waals surface area (Å²) in [4.78, 5) is 12.2. The number of nitrogens with zero attached hydrogens (tertiary/aromatic N) is 1. The summed E-state index contributed by atoms with van der Waals surface area (Å²) in [6.45, 7) is 2.47. The Morgan fingerprint density at radius 1 is 1.42 bits per heavy atom. The quantitative estimate of drug-likeness (QED) is 0.295. The van der Waals surface area contributed by atoms with Crippen molar-refractivity contribution < 1.29 is 19.0 Å². The number of methoxy groups -OCH3 is 1. The lowest BCUT2D eigenvalue weighted by atomic mass is 9.90. The van der Waals surface area contributed by atoms with Crippen molar-refractivity contribution >= 4 is 5.97 Å². The third-order valence-corrected chi connectivity index (χ3v) is 4.53. The minimum atomic E-state index is -0.490. The zero-order valence-corrected chi connectivity index (χ0v) is 14.5. The number of allylic oxidation sites excluding steroid dienone is 3. The molecule has 1 atom stereocenters. The second-order valence-corrected chi connectivity index (χ2v) is 6.45. The smallest absolute Gasteiger partial charge is 0.349 e. The summed E-state index contributed by atoms with van der Waals surface area (Å²) in [5.74, 6) is -0.228. The highest BCUT2D eigenvalue weighted by molar-refractivity contribution is 5.94. The third kappa shape index (κ3) is 5.77. The minimum Gasteiger partial charge on any atom is -0.461 e. The number of esters is 1. The van der Waals surface area contributed by atoms with E-state index >= 15 is 0 Å². The molecule has 24 heavy (non-hydrogen) atoms. The van der Waals surface area contributed by atoms with E-state index in [1.54, 1.807) is 7.11 Å². The van der Waals surface area contributed by atoms with Crippen molar-refractivity contribution in [3.63, 3.8) is 0 Å². The van der Waals surface area contributed by atoms with Crippen molar-refractivity contribution in [1.82, 2.24) is 0 Å². The third-order valence-electron chi connectivity index (χ3n) is 4.53. The van der Waals surface area contributed by atoms with Gasteiger partial charge in [-0.2, -0.15) is 5.26 Å². The van der Waals surface area contributed by atoms with Crippen LogP contribution in [0.25, 0.3) is 0 Å². The highest BCUT2D eigenvalue weighted by Gasteiger charge is 2.22. The summed E-state index contributed by atoms with van der Waals surface area (Å²) >= 11 is 0. The summed E-state index contributed by atoms with van der Waals surface area (Å²) in [5, 5.41) is 9.39. The molecule has 1 unspecified atom stereocenters. The molecule has 5 nitrogen and oxygen atoms in total. The van der Waals surface area contributed by atoms with Gasteiger partial charge in [0.2, 0.25) is 0 Å². The Kier molecular flexibility index (Phi) is 8.00. The van der Waals surface area contributed by atoms with E-state index in [0.717, 1.165) is 63.7 Å². The maximum Gasteiger partial charge on any atom is 0.349 e. The molecule has 2 aliphatic rings. The van der Waals surface area contributed by atoms with Crippen LogP contribution in [0, 0.1) is 17.2 Å². The molecule has 1 heterocycles. The van der Waals surface area contributed by atoms with E-state index in [-0.39, 0.29) is 11.5 Å². The van der Waals surface area contributed by atoms with E-state index in [1.165, 1.54) is 5.57 Å². The van der Waals surface area contributed by atoms with Crippen molar-refractivity contribution in [2.75, 3.05) is 33.5 Å². The van der Waals surface area contributed by atoms with E-state index in [2.05, 4.69) is 6.07 Å². The number of carbonyl (C=O) groups excluding carboxylic acids is 1. The lowest BCUT2D eigenvalue weighted by Crippen LogP contribution is -2.16. The number of rotatable bonds is 8. The molecule has 5 heteroatoms. The number of ether oxygens (including phenoxy) is 3. The summed E-state index contributed by atoms with van der Waals surface area (Å²) in [6, 6.07) is 2.05. The van der Waals surface area contributed by atoms with Crippen LogP contribution >= 0.6 is 0 Å². The standard InChI is InChI=1S/C19H27NO4/c1-22-9-3-2-5-15-6-4-7-17(11-15)18(12-20)19(21)24-14-16-8-10-23-13-16/h11,16H,2-10,13-14H2,1H3/b18-17-. The molecular formula is C19H27NO4. The summed E-state index contributed by atoms with van der Waals surface area (Å²) in [6.07, 6.45) is 8.85. The van der Waals surface area contributed by atoms with Crippen LogP contribution in [0.5, 0.6) is 0 Å². The monoisotopic (exact) mass is 333 g/mol. The molecular weight excluding hydrogens is 306 g/mol. The number of hydrogen-bond acceptors (Lipinski definition) is 5. The van der Waals surface area contributed by atoms with Crippen molar-refractivity contribution in [2.24, 2.45) is 5.92 Å². The summed E-state index contributed by atoms with van der Waals surface area (Å²) in [7, 11) is 1.71. The van der Waals surface area contributed by atoms with Gasteiger partial charge in [0.05, 0.1) is 13.2 Å². The predicted octanol–water partition coefficient (Wildman–Crippen LogP) is 3.31. The molecule has 1 aliphatic carbocycles. The van der Waals surface area contributed by atoms with Crippen LogP contribution in [0.2, 0.25) is 0 Å². The van der Waals surface area contributed by atoms with Gasteiger partial charge in [-0.1, -0.05) is 11.6 Å². The normalized spacial score (nSPS) is 22.7. The molecule has 0 spiro atoms. The van der Waals surface area contributed by atoms with Crippen LogP contribution in [-0.2, 0) is 19.0 Å². The maximum atomic E-state index is 12.2. The first-order valence-corrected chi connectivity index (χ1v) is 8.81. The highest BCUT2D eigenvalue weighted by atomic mass is 16.5.